The number of hydrogen-bond donors (Lipinski definition) is 2. The Hall–Kier alpha value is -1.14. The van der Waals surface area contributed by atoms with Crippen LogP contribution in [0, 0.1) is 0 Å². The van der Waals surface area contributed by atoms with E-state index in [9.17, 15) is 5.11 Å². The van der Waals surface area contributed by atoms with Gasteiger partial charge in [-0.25, -0.2) is 0 Å². The summed E-state index contributed by atoms with van der Waals surface area (Å²) in [7, 11) is 1.70. The predicted molar refractivity (Wildman–Crippen MR) is 80.3 cm³/mol. The Bertz CT molecular complexity index is 340. The Balaban J connectivity index is 0.00000361. The third-order valence-corrected chi connectivity index (χ3v) is 2.72. The molecule has 1 rings (SSSR count). The lowest BCUT2D eigenvalue weighted by Gasteiger charge is -2.15. The zero-order chi connectivity index (χ0) is 14.1. The first-order chi connectivity index (χ1) is 9.11. The molecule has 5 nitrogen and oxygen atoms in total. The van der Waals surface area contributed by atoms with Gasteiger partial charge >= 0.3 is 0 Å². The Morgan fingerprint density at radius 1 is 1.20 bits per heavy atom. The lowest BCUT2D eigenvalue weighted by atomic mass is 10.1. The molecule has 1 aromatic carbocycles. The van der Waals surface area contributed by atoms with Gasteiger partial charge < -0.3 is 25.4 Å². The molecule has 0 aliphatic heterocycles. The zero-order valence-corrected chi connectivity index (χ0v) is 12.6. The third kappa shape index (κ3) is 8.12. The second kappa shape index (κ2) is 10.6. The number of methoxy groups -OCH3 is 1. The highest BCUT2D eigenvalue weighted by Crippen LogP contribution is 2.12. The van der Waals surface area contributed by atoms with E-state index in [0.29, 0.717) is 19.2 Å². The van der Waals surface area contributed by atoms with Crippen LogP contribution in [0.4, 0.5) is 0 Å². The van der Waals surface area contributed by atoms with Gasteiger partial charge in [0.1, 0.15) is 18.5 Å². The molecular weight excluding hydrogens is 258 g/mol. The van der Waals surface area contributed by atoms with Crippen molar-refractivity contribution in [1.82, 2.24) is 5.32 Å². The van der Waals surface area contributed by atoms with Crippen molar-refractivity contribution in [2.45, 2.75) is 32.4 Å². The second-order valence-corrected chi connectivity index (χ2v) is 4.91. The van der Waals surface area contributed by atoms with E-state index in [1.54, 1.807) is 7.11 Å². The third-order valence-electron chi connectivity index (χ3n) is 2.72. The van der Waals surface area contributed by atoms with Gasteiger partial charge in [-0.15, -0.1) is 0 Å². The fourth-order valence-corrected chi connectivity index (χ4v) is 1.60. The van der Waals surface area contributed by atoms with E-state index in [0.717, 1.165) is 18.8 Å². The number of benzene rings is 1. The monoisotopic (exact) mass is 285 g/mol. The molecule has 0 bridgehead atoms. The maximum atomic E-state index is 9.73. The summed E-state index contributed by atoms with van der Waals surface area (Å²) in [6.45, 7) is 5.67. The van der Waals surface area contributed by atoms with Gasteiger partial charge in [0, 0.05) is 19.7 Å². The summed E-state index contributed by atoms with van der Waals surface area (Å²) in [5, 5.41) is 12.9. The maximum Gasteiger partial charge on any atom is 0.119 e. The highest BCUT2D eigenvalue weighted by Gasteiger charge is 2.05. The molecule has 0 saturated heterocycles. The van der Waals surface area contributed by atoms with Crippen molar-refractivity contribution in [2.75, 3.05) is 26.9 Å². The van der Waals surface area contributed by atoms with Crippen molar-refractivity contribution < 1.29 is 20.1 Å². The quantitative estimate of drug-likeness (QED) is 0.703. The molecule has 5 heteroatoms. The maximum absolute atomic E-state index is 9.73. The van der Waals surface area contributed by atoms with E-state index in [1.165, 1.54) is 5.56 Å². The molecule has 20 heavy (non-hydrogen) atoms. The number of aliphatic hydroxyl groups is 1. The lowest BCUT2D eigenvalue weighted by molar-refractivity contribution is 0.104. The van der Waals surface area contributed by atoms with Crippen molar-refractivity contribution in [2.24, 2.45) is 0 Å². The van der Waals surface area contributed by atoms with Crippen molar-refractivity contribution in [3.05, 3.63) is 29.8 Å². The predicted octanol–water partition coefficient (Wildman–Crippen LogP) is 0.788. The number of aliphatic hydroxyl groups excluding tert-OH is 1. The van der Waals surface area contributed by atoms with Crippen molar-refractivity contribution in [3.8, 4) is 5.75 Å². The standard InChI is InChI=1S/C15H25NO3.H2O/c1-12(2)16-10-14(17)11-19-15-6-4-13(5-7-15)8-9-18-3;/h4-7,12,14,16-17H,8-11H2,1-3H3;1H2/t14-;/m0./s1. The summed E-state index contributed by atoms with van der Waals surface area (Å²) in [5.74, 6) is 0.782. The first kappa shape index (κ1) is 18.9. The van der Waals surface area contributed by atoms with Gasteiger partial charge in [-0.2, -0.15) is 0 Å². The smallest absolute Gasteiger partial charge is 0.119 e. The number of nitrogens with one attached hydrogen (secondary N) is 1. The Kier molecular flexibility index (Phi) is 10.0. The molecule has 0 spiro atoms. The summed E-state index contributed by atoms with van der Waals surface area (Å²) < 4.78 is 10.6. The molecule has 116 valence electrons. The molecule has 0 aromatic heterocycles. The average molecular weight is 285 g/mol. The van der Waals surface area contributed by atoms with Gasteiger partial charge in [0.15, 0.2) is 0 Å². The molecule has 0 amide bonds. The molecule has 1 atom stereocenters. The fraction of sp³-hybridized carbons (Fsp3) is 0.600. The second-order valence-electron chi connectivity index (χ2n) is 4.91. The van der Waals surface area contributed by atoms with Crippen LogP contribution in [-0.2, 0) is 11.2 Å². The van der Waals surface area contributed by atoms with Crippen molar-refractivity contribution in [1.29, 1.82) is 0 Å². The summed E-state index contributed by atoms with van der Waals surface area (Å²) in [6.07, 6.45) is 0.410. The molecule has 0 fully saturated rings. The molecule has 1 aromatic rings. The minimum absolute atomic E-state index is 0. The number of rotatable bonds is 9. The first-order valence-corrected chi connectivity index (χ1v) is 6.74. The highest BCUT2D eigenvalue weighted by atomic mass is 16.5. The summed E-state index contributed by atoms with van der Waals surface area (Å²) in [4.78, 5) is 0. The van der Waals surface area contributed by atoms with Crippen LogP contribution in [0.1, 0.15) is 19.4 Å². The van der Waals surface area contributed by atoms with Crippen LogP contribution in [0.2, 0.25) is 0 Å². The van der Waals surface area contributed by atoms with Crippen LogP contribution in [0.25, 0.3) is 0 Å². The molecule has 4 N–H and O–H groups in total. The fourth-order valence-electron chi connectivity index (χ4n) is 1.60. The van der Waals surface area contributed by atoms with Gasteiger partial charge in [-0.1, -0.05) is 26.0 Å². The van der Waals surface area contributed by atoms with Crippen LogP contribution >= 0.6 is 0 Å². The molecule has 0 heterocycles. The normalized spacial score (nSPS) is 12.1. The van der Waals surface area contributed by atoms with Crippen LogP contribution in [0.15, 0.2) is 24.3 Å². The van der Waals surface area contributed by atoms with Crippen LogP contribution in [0.5, 0.6) is 5.75 Å². The largest absolute Gasteiger partial charge is 0.491 e. The van der Waals surface area contributed by atoms with Crippen LogP contribution in [-0.4, -0.2) is 49.6 Å². The van der Waals surface area contributed by atoms with E-state index < -0.39 is 6.10 Å². The minimum atomic E-state index is -0.490. The molecule has 0 aliphatic carbocycles. The summed E-state index contributed by atoms with van der Waals surface area (Å²) in [6, 6.07) is 8.26. The number of hydrogen-bond acceptors (Lipinski definition) is 4. The number of ether oxygens (including phenoxy) is 2. The Morgan fingerprint density at radius 2 is 1.85 bits per heavy atom. The van der Waals surface area contributed by atoms with E-state index in [4.69, 9.17) is 9.47 Å². The topological polar surface area (TPSA) is 82.2 Å². The SMILES string of the molecule is COCCc1ccc(OC[C@@H](O)CNC(C)C)cc1.O. The van der Waals surface area contributed by atoms with E-state index in [-0.39, 0.29) is 5.48 Å². The molecule has 0 aliphatic rings. The van der Waals surface area contributed by atoms with E-state index >= 15 is 0 Å². The Morgan fingerprint density at radius 3 is 2.40 bits per heavy atom. The highest BCUT2D eigenvalue weighted by molar-refractivity contribution is 5.27. The van der Waals surface area contributed by atoms with Gasteiger partial charge in [0.25, 0.3) is 0 Å². The minimum Gasteiger partial charge on any atom is -0.491 e. The lowest BCUT2D eigenvalue weighted by Crippen LogP contribution is -2.35. The molecule has 0 unspecified atom stereocenters. The van der Waals surface area contributed by atoms with E-state index in [2.05, 4.69) is 5.32 Å². The molecule has 0 saturated carbocycles. The first-order valence-electron chi connectivity index (χ1n) is 6.74. The summed E-state index contributed by atoms with van der Waals surface area (Å²) in [5.41, 5.74) is 1.22. The van der Waals surface area contributed by atoms with Gasteiger partial charge in [0.2, 0.25) is 0 Å². The summed E-state index contributed by atoms with van der Waals surface area (Å²) >= 11 is 0. The van der Waals surface area contributed by atoms with Gasteiger partial charge in [0.05, 0.1) is 6.61 Å². The Labute approximate surface area is 121 Å². The molecular formula is C15H27NO4. The van der Waals surface area contributed by atoms with Gasteiger partial charge in [-0.05, 0) is 24.1 Å². The van der Waals surface area contributed by atoms with Gasteiger partial charge in [-0.3, -0.25) is 0 Å². The molecule has 0 radical (unpaired) electrons. The zero-order valence-electron chi connectivity index (χ0n) is 12.6. The van der Waals surface area contributed by atoms with Crippen molar-refractivity contribution in [3.63, 3.8) is 0 Å². The van der Waals surface area contributed by atoms with Crippen LogP contribution in [0.3, 0.4) is 0 Å². The van der Waals surface area contributed by atoms with Crippen LogP contribution < -0.4 is 10.1 Å². The van der Waals surface area contributed by atoms with E-state index in [1.807, 2.05) is 38.1 Å². The average Bonchev–Trinajstić information content (AvgIpc) is 2.41. The van der Waals surface area contributed by atoms with Crippen molar-refractivity contribution >= 4 is 0 Å².